The maximum atomic E-state index is 5.77. The molecule has 0 radical (unpaired) electrons. The molecule has 3 N–H and O–H groups in total. The van der Waals surface area contributed by atoms with Gasteiger partial charge >= 0.3 is 0 Å². The van der Waals surface area contributed by atoms with Gasteiger partial charge in [-0.25, -0.2) is 0 Å². The predicted octanol–water partition coefficient (Wildman–Crippen LogP) is 3.66. The molecule has 0 amide bonds. The first kappa shape index (κ1) is 12.6. The summed E-state index contributed by atoms with van der Waals surface area (Å²) < 4.78 is 0. The van der Waals surface area contributed by atoms with Gasteiger partial charge < -0.3 is 11.1 Å². The Morgan fingerprint density at radius 1 is 1.41 bits per heavy atom. The van der Waals surface area contributed by atoms with E-state index in [1.165, 1.54) is 36.3 Å². The standard InChI is InChI=1S/C14H22N2S/c1-3-17-13-6-5-12(9-13)16-14-7-4-11(15)8-10(14)2/h4,7-8,12-13,16H,3,5-6,9,15H2,1-2H3. The van der Waals surface area contributed by atoms with Gasteiger partial charge in [-0.3, -0.25) is 0 Å². The van der Waals surface area contributed by atoms with Gasteiger partial charge in [-0.15, -0.1) is 0 Å². The van der Waals surface area contributed by atoms with Crippen molar-refractivity contribution in [2.45, 2.75) is 44.4 Å². The molecule has 1 fully saturated rings. The third-order valence-corrected chi connectivity index (χ3v) is 4.63. The van der Waals surface area contributed by atoms with E-state index in [0.29, 0.717) is 6.04 Å². The third kappa shape index (κ3) is 3.32. The number of hydrogen-bond donors (Lipinski definition) is 2. The first-order chi connectivity index (χ1) is 8.19. The summed E-state index contributed by atoms with van der Waals surface area (Å²) in [4.78, 5) is 0. The molecule has 0 spiro atoms. The van der Waals surface area contributed by atoms with Gasteiger partial charge in [-0.05, 0) is 55.7 Å². The van der Waals surface area contributed by atoms with Crippen LogP contribution in [0.4, 0.5) is 11.4 Å². The lowest BCUT2D eigenvalue weighted by Crippen LogP contribution is -2.16. The Morgan fingerprint density at radius 2 is 2.24 bits per heavy atom. The van der Waals surface area contributed by atoms with Crippen molar-refractivity contribution >= 4 is 23.1 Å². The van der Waals surface area contributed by atoms with E-state index in [-0.39, 0.29) is 0 Å². The second-order valence-corrected chi connectivity index (χ2v) is 6.38. The van der Waals surface area contributed by atoms with Crippen LogP contribution in [-0.4, -0.2) is 17.0 Å². The molecule has 0 saturated heterocycles. The Kier molecular flexibility index (Phi) is 4.21. The minimum Gasteiger partial charge on any atom is -0.399 e. The van der Waals surface area contributed by atoms with Crippen LogP contribution in [0.1, 0.15) is 31.7 Å². The predicted molar refractivity (Wildman–Crippen MR) is 78.8 cm³/mol. The molecule has 2 unspecified atom stereocenters. The summed E-state index contributed by atoms with van der Waals surface area (Å²) in [7, 11) is 0. The van der Waals surface area contributed by atoms with Crippen molar-refractivity contribution in [3.8, 4) is 0 Å². The number of nitrogens with two attached hydrogens (primary N) is 1. The van der Waals surface area contributed by atoms with Crippen LogP contribution in [0.2, 0.25) is 0 Å². The summed E-state index contributed by atoms with van der Waals surface area (Å²) in [5, 5.41) is 4.51. The molecule has 3 heteroatoms. The van der Waals surface area contributed by atoms with Gasteiger partial charge in [0, 0.05) is 22.7 Å². The van der Waals surface area contributed by atoms with E-state index in [2.05, 4.69) is 37.0 Å². The zero-order valence-electron chi connectivity index (χ0n) is 10.7. The summed E-state index contributed by atoms with van der Waals surface area (Å²) in [6.07, 6.45) is 3.94. The zero-order chi connectivity index (χ0) is 12.3. The van der Waals surface area contributed by atoms with Gasteiger partial charge in [0.2, 0.25) is 0 Å². The van der Waals surface area contributed by atoms with Gasteiger partial charge in [-0.2, -0.15) is 11.8 Å². The summed E-state index contributed by atoms with van der Waals surface area (Å²) >= 11 is 2.10. The lowest BCUT2D eigenvalue weighted by Gasteiger charge is -2.16. The van der Waals surface area contributed by atoms with Crippen LogP contribution in [-0.2, 0) is 0 Å². The summed E-state index contributed by atoms with van der Waals surface area (Å²) in [5.74, 6) is 1.23. The van der Waals surface area contributed by atoms with Crippen LogP contribution < -0.4 is 11.1 Å². The molecule has 1 aliphatic carbocycles. The highest BCUT2D eigenvalue weighted by molar-refractivity contribution is 7.99. The molecule has 17 heavy (non-hydrogen) atoms. The molecule has 1 saturated carbocycles. The minimum absolute atomic E-state index is 0.640. The monoisotopic (exact) mass is 250 g/mol. The number of nitrogen functional groups attached to an aromatic ring is 1. The largest absolute Gasteiger partial charge is 0.399 e. The van der Waals surface area contributed by atoms with E-state index in [9.17, 15) is 0 Å². The van der Waals surface area contributed by atoms with E-state index in [1.54, 1.807) is 0 Å². The highest BCUT2D eigenvalue weighted by Crippen LogP contribution is 2.32. The maximum absolute atomic E-state index is 5.77. The molecule has 0 bridgehead atoms. The lowest BCUT2D eigenvalue weighted by atomic mass is 10.1. The fourth-order valence-electron chi connectivity index (χ4n) is 2.53. The first-order valence-corrected chi connectivity index (χ1v) is 7.48. The number of thioether (sulfide) groups is 1. The van der Waals surface area contributed by atoms with Gasteiger partial charge in [0.05, 0.1) is 0 Å². The molecule has 0 aromatic heterocycles. The van der Waals surface area contributed by atoms with Crippen molar-refractivity contribution in [1.82, 2.24) is 0 Å². The molecule has 0 heterocycles. The second kappa shape index (κ2) is 5.67. The number of rotatable bonds is 4. The SMILES string of the molecule is CCSC1CCC(Nc2ccc(N)cc2C)C1. The fourth-order valence-corrected chi connectivity index (χ4v) is 3.67. The van der Waals surface area contributed by atoms with Crippen molar-refractivity contribution in [3.05, 3.63) is 23.8 Å². The van der Waals surface area contributed by atoms with Crippen LogP contribution in [0.5, 0.6) is 0 Å². The first-order valence-electron chi connectivity index (χ1n) is 6.43. The molecule has 2 atom stereocenters. The van der Waals surface area contributed by atoms with E-state index >= 15 is 0 Å². The van der Waals surface area contributed by atoms with Crippen molar-refractivity contribution in [3.63, 3.8) is 0 Å². The Bertz CT molecular complexity index is 378. The third-order valence-electron chi connectivity index (χ3n) is 3.40. The summed E-state index contributed by atoms with van der Waals surface area (Å²) in [6, 6.07) is 6.75. The van der Waals surface area contributed by atoms with E-state index in [4.69, 9.17) is 5.73 Å². The van der Waals surface area contributed by atoms with Crippen molar-refractivity contribution in [2.24, 2.45) is 0 Å². The van der Waals surface area contributed by atoms with Gasteiger partial charge in [0.15, 0.2) is 0 Å². The fraction of sp³-hybridized carbons (Fsp3) is 0.571. The number of anilines is 2. The Labute approximate surface area is 108 Å². The highest BCUT2D eigenvalue weighted by Gasteiger charge is 2.24. The highest BCUT2D eigenvalue weighted by atomic mass is 32.2. The number of aryl methyl sites for hydroxylation is 1. The molecule has 1 aromatic rings. The van der Waals surface area contributed by atoms with Gasteiger partial charge in [-0.1, -0.05) is 6.92 Å². The van der Waals surface area contributed by atoms with Crippen molar-refractivity contribution in [1.29, 1.82) is 0 Å². The summed E-state index contributed by atoms with van der Waals surface area (Å²) in [6.45, 7) is 4.36. The molecule has 0 aliphatic heterocycles. The van der Waals surface area contributed by atoms with E-state index < -0.39 is 0 Å². The molecule has 2 nitrogen and oxygen atoms in total. The van der Waals surface area contributed by atoms with Crippen LogP contribution in [0, 0.1) is 6.92 Å². The quantitative estimate of drug-likeness (QED) is 0.801. The van der Waals surface area contributed by atoms with Crippen LogP contribution in [0.25, 0.3) is 0 Å². The second-order valence-electron chi connectivity index (χ2n) is 4.81. The number of hydrogen-bond acceptors (Lipinski definition) is 3. The molecule has 1 aliphatic rings. The average Bonchev–Trinajstić information content (AvgIpc) is 2.71. The number of benzene rings is 1. The summed E-state index contributed by atoms with van der Waals surface area (Å²) in [5.41, 5.74) is 9.10. The van der Waals surface area contributed by atoms with Crippen LogP contribution in [0.15, 0.2) is 18.2 Å². The Balaban J connectivity index is 1.93. The molecular weight excluding hydrogens is 228 g/mol. The molecule has 2 rings (SSSR count). The van der Waals surface area contributed by atoms with Gasteiger partial charge in [0.25, 0.3) is 0 Å². The Hall–Kier alpha value is -0.830. The maximum Gasteiger partial charge on any atom is 0.0373 e. The molecule has 1 aromatic carbocycles. The normalized spacial score (nSPS) is 23.9. The van der Waals surface area contributed by atoms with E-state index in [1.807, 2.05) is 12.1 Å². The topological polar surface area (TPSA) is 38.0 Å². The number of nitrogens with one attached hydrogen (secondary N) is 1. The lowest BCUT2D eigenvalue weighted by molar-refractivity contribution is 0.756. The smallest absolute Gasteiger partial charge is 0.0373 e. The van der Waals surface area contributed by atoms with Gasteiger partial charge in [0.1, 0.15) is 0 Å². The Morgan fingerprint density at radius 3 is 2.94 bits per heavy atom. The van der Waals surface area contributed by atoms with E-state index in [0.717, 1.165) is 10.9 Å². The van der Waals surface area contributed by atoms with Crippen LogP contribution in [0.3, 0.4) is 0 Å². The minimum atomic E-state index is 0.640. The molecule has 94 valence electrons. The zero-order valence-corrected chi connectivity index (χ0v) is 11.5. The average molecular weight is 250 g/mol. The van der Waals surface area contributed by atoms with Crippen molar-refractivity contribution in [2.75, 3.05) is 16.8 Å². The molecular formula is C14H22N2S. The van der Waals surface area contributed by atoms with Crippen LogP contribution >= 0.6 is 11.8 Å². The van der Waals surface area contributed by atoms with Crippen molar-refractivity contribution < 1.29 is 0 Å².